The van der Waals surface area contributed by atoms with Gasteiger partial charge in [-0.3, -0.25) is 19.7 Å². The Bertz CT molecular complexity index is 911. The lowest BCUT2D eigenvalue weighted by atomic mass is 10.0. The van der Waals surface area contributed by atoms with Crippen molar-refractivity contribution in [1.82, 2.24) is 10.2 Å². The van der Waals surface area contributed by atoms with Gasteiger partial charge >= 0.3 is 0 Å². The molecule has 0 aliphatic rings. The zero-order valence-corrected chi connectivity index (χ0v) is 17.9. The molecule has 0 fully saturated rings. The second-order valence-corrected chi connectivity index (χ2v) is 7.66. The van der Waals surface area contributed by atoms with Crippen molar-refractivity contribution in [2.45, 2.75) is 59.2 Å². The molecule has 0 saturated heterocycles. The SMILES string of the molecule is CCC(C(=O)NC(C)C)N(Cc1cccc(C)c1)C(=O)Cc1ccccc1[N+](=O)[O-]. The molecule has 0 aliphatic heterocycles. The summed E-state index contributed by atoms with van der Waals surface area (Å²) in [6, 6.07) is 13.2. The average Bonchev–Trinajstić information content (AvgIpc) is 2.67. The molecule has 30 heavy (non-hydrogen) atoms. The highest BCUT2D eigenvalue weighted by Crippen LogP contribution is 2.21. The molecule has 1 unspecified atom stereocenters. The number of nitrogens with zero attached hydrogens (tertiary/aromatic N) is 2. The van der Waals surface area contributed by atoms with Gasteiger partial charge in [0.25, 0.3) is 5.69 Å². The van der Waals surface area contributed by atoms with E-state index in [1.54, 1.807) is 18.2 Å². The Morgan fingerprint density at radius 1 is 1.13 bits per heavy atom. The van der Waals surface area contributed by atoms with E-state index in [1.165, 1.54) is 11.0 Å². The first-order valence-corrected chi connectivity index (χ1v) is 10.1. The van der Waals surface area contributed by atoms with Crippen LogP contribution in [0, 0.1) is 17.0 Å². The normalized spacial score (nSPS) is 11.8. The quantitative estimate of drug-likeness (QED) is 0.502. The summed E-state index contributed by atoms with van der Waals surface area (Å²) in [5, 5.41) is 14.2. The van der Waals surface area contributed by atoms with E-state index in [0.717, 1.165) is 11.1 Å². The zero-order chi connectivity index (χ0) is 22.3. The summed E-state index contributed by atoms with van der Waals surface area (Å²) in [5.41, 5.74) is 2.20. The summed E-state index contributed by atoms with van der Waals surface area (Å²) in [6.45, 7) is 7.80. The van der Waals surface area contributed by atoms with E-state index in [0.29, 0.717) is 12.0 Å². The Morgan fingerprint density at radius 2 is 1.83 bits per heavy atom. The summed E-state index contributed by atoms with van der Waals surface area (Å²) in [4.78, 5) is 38.5. The minimum absolute atomic E-state index is 0.0577. The van der Waals surface area contributed by atoms with Gasteiger partial charge < -0.3 is 10.2 Å². The molecule has 0 heterocycles. The Labute approximate surface area is 177 Å². The Morgan fingerprint density at radius 3 is 2.43 bits per heavy atom. The number of nitrogens with one attached hydrogen (secondary N) is 1. The molecular weight excluding hydrogens is 382 g/mol. The molecule has 7 nitrogen and oxygen atoms in total. The summed E-state index contributed by atoms with van der Waals surface area (Å²) < 4.78 is 0. The highest BCUT2D eigenvalue weighted by molar-refractivity contribution is 5.89. The Kier molecular flexibility index (Phi) is 8.09. The van der Waals surface area contributed by atoms with Crippen molar-refractivity contribution in [3.63, 3.8) is 0 Å². The predicted molar refractivity (Wildman–Crippen MR) is 116 cm³/mol. The van der Waals surface area contributed by atoms with Crippen molar-refractivity contribution in [2.24, 2.45) is 0 Å². The number of benzene rings is 2. The van der Waals surface area contributed by atoms with Crippen LogP contribution in [0.25, 0.3) is 0 Å². The summed E-state index contributed by atoms with van der Waals surface area (Å²) >= 11 is 0. The molecule has 2 aromatic carbocycles. The smallest absolute Gasteiger partial charge is 0.273 e. The number of rotatable bonds is 9. The molecule has 1 N–H and O–H groups in total. The molecule has 7 heteroatoms. The van der Waals surface area contributed by atoms with E-state index < -0.39 is 11.0 Å². The van der Waals surface area contributed by atoms with Gasteiger partial charge in [-0.1, -0.05) is 55.0 Å². The van der Waals surface area contributed by atoms with Crippen LogP contribution in [0.2, 0.25) is 0 Å². The standard InChI is InChI=1S/C23H29N3O4/c1-5-20(23(28)24-16(2)3)25(15-18-10-8-9-17(4)13-18)22(27)14-19-11-6-7-12-21(19)26(29)30/h6-13,16,20H,5,14-15H2,1-4H3,(H,24,28). The predicted octanol–water partition coefficient (Wildman–Crippen LogP) is 3.78. The molecule has 0 saturated carbocycles. The van der Waals surface area contributed by atoms with Gasteiger partial charge in [0.15, 0.2) is 0 Å². The van der Waals surface area contributed by atoms with Crippen molar-refractivity contribution in [3.05, 3.63) is 75.3 Å². The fourth-order valence-electron chi connectivity index (χ4n) is 3.41. The lowest BCUT2D eigenvalue weighted by Crippen LogP contribution is -2.50. The third kappa shape index (κ3) is 6.14. The Balaban J connectivity index is 2.37. The largest absolute Gasteiger partial charge is 0.352 e. The van der Waals surface area contributed by atoms with Crippen LogP contribution < -0.4 is 5.32 Å². The van der Waals surface area contributed by atoms with Crippen molar-refractivity contribution in [2.75, 3.05) is 0 Å². The first-order valence-electron chi connectivity index (χ1n) is 10.1. The lowest BCUT2D eigenvalue weighted by molar-refractivity contribution is -0.385. The van der Waals surface area contributed by atoms with E-state index in [9.17, 15) is 19.7 Å². The summed E-state index contributed by atoms with van der Waals surface area (Å²) in [6.07, 6.45) is 0.293. The van der Waals surface area contributed by atoms with Crippen LogP contribution in [0.1, 0.15) is 43.9 Å². The molecular formula is C23H29N3O4. The number of para-hydroxylation sites is 1. The second kappa shape index (κ2) is 10.5. The van der Waals surface area contributed by atoms with E-state index in [2.05, 4.69) is 5.32 Å². The molecule has 2 rings (SSSR count). The molecule has 2 aromatic rings. The fraction of sp³-hybridized carbons (Fsp3) is 0.391. The van der Waals surface area contributed by atoms with Gasteiger partial charge in [-0.05, 0) is 32.8 Å². The number of carbonyl (C=O) groups excluding carboxylic acids is 2. The maximum Gasteiger partial charge on any atom is 0.273 e. The highest BCUT2D eigenvalue weighted by atomic mass is 16.6. The fourth-order valence-corrected chi connectivity index (χ4v) is 3.41. The molecule has 0 spiro atoms. The number of nitro groups is 1. The van der Waals surface area contributed by atoms with Crippen LogP contribution in [-0.4, -0.2) is 33.7 Å². The third-order valence-electron chi connectivity index (χ3n) is 4.78. The first-order chi connectivity index (χ1) is 14.2. The van der Waals surface area contributed by atoms with Gasteiger partial charge in [0, 0.05) is 24.2 Å². The Hall–Kier alpha value is -3.22. The minimum Gasteiger partial charge on any atom is -0.352 e. The number of nitro benzene ring substituents is 1. The third-order valence-corrected chi connectivity index (χ3v) is 4.78. The maximum atomic E-state index is 13.3. The van der Waals surface area contributed by atoms with Crippen molar-refractivity contribution in [1.29, 1.82) is 0 Å². The van der Waals surface area contributed by atoms with Gasteiger partial charge in [-0.15, -0.1) is 0 Å². The topological polar surface area (TPSA) is 92.6 Å². The number of hydrogen-bond acceptors (Lipinski definition) is 4. The van der Waals surface area contributed by atoms with Crippen LogP contribution in [0.4, 0.5) is 5.69 Å². The minimum atomic E-state index is -0.664. The molecule has 0 radical (unpaired) electrons. The van der Waals surface area contributed by atoms with E-state index in [1.807, 2.05) is 52.0 Å². The monoisotopic (exact) mass is 411 g/mol. The van der Waals surface area contributed by atoms with Gasteiger partial charge in [0.05, 0.1) is 11.3 Å². The van der Waals surface area contributed by atoms with Crippen LogP contribution in [0.5, 0.6) is 0 Å². The zero-order valence-electron chi connectivity index (χ0n) is 17.9. The van der Waals surface area contributed by atoms with Gasteiger partial charge in [-0.25, -0.2) is 0 Å². The second-order valence-electron chi connectivity index (χ2n) is 7.66. The average molecular weight is 412 g/mol. The van der Waals surface area contributed by atoms with Crippen molar-refractivity contribution in [3.8, 4) is 0 Å². The van der Waals surface area contributed by atoms with E-state index >= 15 is 0 Å². The number of hydrogen-bond donors (Lipinski definition) is 1. The number of amides is 2. The molecule has 160 valence electrons. The number of aryl methyl sites for hydroxylation is 1. The van der Waals surface area contributed by atoms with E-state index in [4.69, 9.17) is 0 Å². The first kappa shape index (κ1) is 23.1. The maximum absolute atomic E-state index is 13.3. The van der Waals surface area contributed by atoms with E-state index in [-0.39, 0.29) is 36.5 Å². The van der Waals surface area contributed by atoms with Crippen LogP contribution in [0.15, 0.2) is 48.5 Å². The molecule has 0 aromatic heterocycles. The van der Waals surface area contributed by atoms with Crippen LogP contribution in [-0.2, 0) is 22.6 Å². The number of carbonyl (C=O) groups is 2. The van der Waals surface area contributed by atoms with Gasteiger partial charge in [-0.2, -0.15) is 0 Å². The van der Waals surface area contributed by atoms with Crippen LogP contribution >= 0.6 is 0 Å². The van der Waals surface area contributed by atoms with Crippen molar-refractivity contribution >= 4 is 17.5 Å². The van der Waals surface area contributed by atoms with Gasteiger partial charge in [0.1, 0.15) is 6.04 Å². The van der Waals surface area contributed by atoms with Gasteiger partial charge in [0.2, 0.25) is 11.8 Å². The highest BCUT2D eigenvalue weighted by Gasteiger charge is 2.30. The summed E-state index contributed by atoms with van der Waals surface area (Å²) in [7, 11) is 0. The molecule has 0 aliphatic carbocycles. The van der Waals surface area contributed by atoms with Crippen molar-refractivity contribution < 1.29 is 14.5 Å². The molecule has 0 bridgehead atoms. The van der Waals surface area contributed by atoms with Crippen LogP contribution in [0.3, 0.4) is 0 Å². The summed E-state index contributed by atoms with van der Waals surface area (Å²) in [5.74, 6) is -0.548. The molecule has 1 atom stereocenters. The lowest BCUT2D eigenvalue weighted by Gasteiger charge is -2.31. The molecule has 2 amide bonds.